The minimum absolute atomic E-state index is 0.146. The second-order valence-electron chi connectivity index (χ2n) is 6.72. The molecule has 2 amide bonds. The maximum Gasteiger partial charge on any atom is 0.253 e. The van der Waals surface area contributed by atoms with Crippen LogP contribution in [0.25, 0.3) is 0 Å². The van der Waals surface area contributed by atoms with Crippen molar-refractivity contribution in [3.63, 3.8) is 0 Å². The highest BCUT2D eigenvalue weighted by Crippen LogP contribution is 2.10. The zero-order valence-corrected chi connectivity index (χ0v) is 16.1. The Morgan fingerprint density at radius 1 is 0.966 bits per heavy atom. The number of carbonyl (C=O) groups is 2. The third-order valence-corrected chi connectivity index (χ3v) is 4.57. The summed E-state index contributed by atoms with van der Waals surface area (Å²) in [6.07, 6.45) is 4.18. The summed E-state index contributed by atoms with van der Waals surface area (Å²) in [7, 11) is 1.74. The zero-order valence-electron chi connectivity index (χ0n) is 16.1. The lowest BCUT2D eigenvalue weighted by Crippen LogP contribution is -2.29. The van der Waals surface area contributed by atoms with Crippen LogP contribution in [0.1, 0.15) is 31.8 Å². The number of aromatic nitrogens is 1. The largest absolute Gasteiger partial charge is 0.348 e. The van der Waals surface area contributed by atoms with Gasteiger partial charge in [0.05, 0.1) is 0 Å². The lowest BCUT2D eigenvalue weighted by molar-refractivity contribution is 0.0796. The maximum atomic E-state index is 13.0. The van der Waals surface area contributed by atoms with Crippen molar-refractivity contribution in [2.75, 3.05) is 13.6 Å². The summed E-state index contributed by atoms with van der Waals surface area (Å²) in [6.45, 7) is 0.840. The number of hydrogen-bond donors (Lipinski definition) is 1. The van der Waals surface area contributed by atoms with Crippen molar-refractivity contribution in [3.05, 3.63) is 101 Å². The number of pyridine rings is 1. The number of rotatable bonds is 7. The van der Waals surface area contributed by atoms with Crippen LogP contribution in [0.3, 0.4) is 0 Å². The van der Waals surface area contributed by atoms with Gasteiger partial charge in [0.1, 0.15) is 5.82 Å². The molecule has 0 aliphatic rings. The van der Waals surface area contributed by atoms with E-state index in [2.05, 4.69) is 10.3 Å². The van der Waals surface area contributed by atoms with E-state index in [-0.39, 0.29) is 24.2 Å². The van der Waals surface area contributed by atoms with E-state index in [1.807, 2.05) is 12.1 Å². The SMILES string of the molecule is CN(CCc1ccncc1)C(=O)c1cccc(C(=O)NCc2ccc(F)cc2)c1. The lowest BCUT2D eigenvalue weighted by atomic mass is 10.1. The summed E-state index contributed by atoms with van der Waals surface area (Å²) in [5.41, 5.74) is 2.76. The van der Waals surface area contributed by atoms with Gasteiger partial charge in [0.15, 0.2) is 0 Å². The molecule has 5 nitrogen and oxygen atoms in total. The molecule has 1 aromatic heterocycles. The first-order chi connectivity index (χ1) is 14.0. The predicted octanol–water partition coefficient (Wildman–Crippen LogP) is 3.47. The minimum Gasteiger partial charge on any atom is -0.348 e. The van der Waals surface area contributed by atoms with Gasteiger partial charge in [-0.3, -0.25) is 14.6 Å². The molecule has 0 bridgehead atoms. The molecule has 3 rings (SSSR count). The summed E-state index contributed by atoms with van der Waals surface area (Å²) in [5.74, 6) is -0.755. The molecule has 0 saturated carbocycles. The summed E-state index contributed by atoms with van der Waals surface area (Å²) in [6, 6.07) is 16.4. The molecule has 6 heteroatoms. The Morgan fingerprint density at radius 3 is 2.38 bits per heavy atom. The fraction of sp³-hybridized carbons (Fsp3) is 0.174. The third-order valence-electron chi connectivity index (χ3n) is 4.57. The van der Waals surface area contributed by atoms with Gasteiger partial charge in [0, 0.05) is 43.7 Å². The van der Waals surface area contributed by atoms with Crippen LogP contribution in [0.15, 0.2) is 73.1 Å². The topological polar surface area (TPSA) is 62.3 Å². The Labute approximate surface area is 169 Å². The molecular weight excluding hydrogens is 369 g/mol. The van der Waals surface area contributed by atoms with E-state index in [1.165, 1.54) is 12.1 Å². The monoisotopic (exact) mass is 391 g/mol. The minimum atomic E-state index is -0.320. The Morgan fingerprint density at radius 2 is 1.66 bits per heavy atom. The van der Waals surface area contributed by atoms with Crippen LogP contribution in [-0.4, -0.2) is 35.3 Å². The van der Waals surface area contributed by atoms with Gasteiger partial charge in [0.25, 0.3) is 11.8 Å². The number of nitrogens with zero attached hydrogens (tertiary/aromatic N) is 2. The number of likely N-dealkylation sites (N-methyl/N-ethyl adjacent to an activating group) is 1. The van der Waals surface area contributed by atoms with Crippen molar-refractivity contribution >= 4 is 11.8 Å². The van der Waals surface area contributed by atoms with Gasteiger partial charge in [-0.25, -0.2) is 4.39 Å². The molecule has 0 aliphatic heterocycles. The quantitative estimate of drug-likeness (QED) is 0.671. The van der Waals surface area contributed by atoms with Gasteiger partial charge in [-0.1, -0.05) is 18.2 Å². The van der Waals surface area contributed by atoms with Crippen LogP contribution >= 0.6 is 0 Å². The maximum absolute atomic E-state index is 13.0. The van der Waals surface area contributed by atoms with Crippen molar-refractivity contribution in [3.8, 4) is 0 Å². The highest BCUT2D eigenvalue weighted by atomic mass is 19.1. The molecule has 0 aliphatic carbocycles. The molecular formula is C23H22FN3O2. The van der Waals surface area contributed by atoms with Gasteiger partial charge < -0.3 is 10.2 Å². The summed E-state index contributed by atoms with van der Waals surface area (Å²) < 4.78 is 13.0. The molecule has 29 heavy (non-hydrogen) atoms. The molecule has 1 heterocycles. The average molecular weight is 391 g/mol. The first kappa shape index (κ1) is 20.2. The molecule has 3 aromatic rings. The van der Waals surface area contributed by atoms with Gasteiger partial charge >= 0.3 is 0 Å². The lowest BCUT2D eigenvalue weighted by Gasteiger charge is -2.17. The van der Waals surface area contributed by atoms with Gasteiger partial charge in [-0.15, -0.1) is 0 Å². The molecule has 0 saturated heterocycles. The standard InChI is InChI=1S/C23H22FN3O2/c1-27(14-11-17-9-12-25-13-10-17)23(29)20-4-2-3-19(15-20)22(28)26-16-18-5-7-21(24)8-6-18/h2-10,12-13,15H,11,14,16H2,1H3,(H,26,28). The van der Waals surface area contributed by atoms with E-state index < -0.39 is 0 Å². The van der Waals surface area contributed by atoms with Gasteiger partial charge in [-0.05, 0) is 60.0 Å². The van der Waals surface area contributed by atoms with Crippen LogP contribution in [0.5, 0.6) is 0 Å². The van der Waals surface area contributed by atoms with E-state index in [4.69, 9.17) is 0 Å². The normalized spacial score (nSPS) is 10.4. The molecule has 2 aromatic carbocycles. The summed E-state index contributed by atoms with van der Waals surface area (Å²) >= 11 is 0. The van der Waals surface area contributed by atoms with Crippen molar-refractivity contribution in [1.29, 1.82) is 0 Å². The van der Waals surface area contributed by atoms with E-state index >= 15 is 0 Å². The van der Waals surface area contributed by atoms with E-state index in [0.717, 1.165) is 17.5 Å². The molecule has 0 unspecified atom stereocenters. The Balaban J connectivity index is 1.59. The fourth-order valence-corrected chi connectivity index (χ4v) is 2.85. The van der Waals surface area contributed by atoms with Gasteiger partial charge in [-0.2, -0.15) is 0 Å². The zero-order chi connectivity index (χ0) is 20.6. The van der Waals surface area contributed by atoms with Crippen LogP contribution in [-0.2, 0) is 13.0 Å². The van der Waals surface area contributed by atoms with E-state index in [9.17, 15) is 14.0 Å². The average Bonchev–Trinajstić information content (AvgIpc) is 2.77. The number of nitrogens with one attached hydrogen (secondary N) is 1. The molecule has 0 atom stereocenters. The van der Waals surface area contributed by atoms with Crippen molar-refractivity contribution < 1.29 is 14.0 Å². The smallest absolute Gasteiger partial charge is 0.253 e. The third kappa shape index (κ3) is 5.72. The van der Waals surface area contributed by atoms with Crippen LogP contribution < -0.4 is 5.32 Å². The second-order valence-corrected chi connectivity index (χ2v) is 6.72. The first-order valence-electron chi connectivity index (χ1n) is 9.30. The highest BCUT2D eigenvalue weighted by Gasteiger charge is 2.14. The summed E-state index contributed by atoms with van der Waals surface area (Å²) in [5, 5.41) is 2.78. The first-order valence-corrected chi connectivity index (χ1v) is 9.30. The van der Waals surface area contributed by atoms with E-state index in [1.54, 1.807) is 60.7 Å². The van der Waals surface area contributed by atoms with Crippen LogP contribution in [0, 0.1) is 5.82 Å². The number of benzene rings is 2. The highest BCUT2D eigenvalue weighted by molar-refractivity contribution is 5.99. The number of carbonyl (C=O) groups excluding carboxylic acids is 2. The number of hydrogen-bond acceptors (Lipinski definition) is 3. The van der Waals surface area contributed by atoms with E-state index in [0.29, 0.717) is 17.7 Å². The van der Waals surface area contributed by atoms with Crippen molar-refractivity contribution in [1.82, 2.24) is 15.2 Å². The summed E-state index contributed by atoms with van der Waals surface area (Å²) in [4.78, 5) is 30.7. The predicted molar refractivity (Wildman–Crippen MR) is 109 cm³/mol. The Kier molecular flexibility index (Phi) is 6.68. The molecule has 148 valence electrons. The fourth-order valence-electron chi connectivity index (χ4n) is 2.85. The van der Waals surface area contributed by atoms with Crippen LogP contribution in [0.4, 0.5) is 4.39 Å². The Bertz CT molecular complexity index is 975. The Hall–Kier alpha value is -3.54. The molecule has 1 N–H and O–H groups in total. The molecule has 0 spiro atoms. The molecule has 0 fully saturated rings. The van der Waals surface area contributed by atoms with Crippen LogP contribution in [0.2, 0.25) is 0 Å². The number of amides is 2. The van der Waals surface area contributed by atoms with Crippen molar-refractivity contribution in [2.45, 2.75) is 13.0 Å². The van der Waals surface area contributed by atoms with Crippen molar-refractivity contribution in [2.24, 2.45) is 0 Å². The number of halogens is 1. The van der Waals surface area contributed by atoms with Gasteiger partial charge in [0.2, 0.25) is 0 Å². The second kappa shape index (κ2) is 9.59. The molecule has 0 radical (unpaired) electrons.